The van der Waals surface area contributed by atoms with Crippen LogP contribution in [0.3, 0.4) is 0 Å². The van der Waals surface area contributed by atoms with Crippen LogP contribution < -0.4 is 14.8 Å². The SMILES string of the molecule is COc1cc(CNC(=O)N2CCN(C(=O)Cc3ccc(C)cc3)CC2)ccc1OC(F)F. The van der Waals surface area contributed by atoms with Gasteiger partial charge in [0, 0.05) is 32.7 Å². The molecular weight excluding hydrogens is 420 g/mol. The minimum atomic E-state index is -2.95. The lowest BCUT2D eigenvalue weighted by Gasteiger charge is -2.34. The van der Waals surface area contributed by atoms with Crippen LogP contribution in [-0.4, -0.2) is 61.6 Å². The van der Waals surface area contributed by atoms with Crippen molar-refractivity contribution in [1.29, 1.82) is 0 Å². The van der Waals surface area contributed by atoms with Gasteiger partial charge in [0.1, 0.15) is 0 Å². The molecule has 1 saturated heterocycles. The molecule has 3 rings (SSSR count). The zero-order valence-corrected chi connectivity index (χ0v) is 18.1. The number of benzene rings is 2. The van der Waals surface area contributed by atoms with Crippen molar-refractivity contribution in [1.82, 2.24) is 15.1 Å². The number of aryl methyl sites for hydroxylation is 1. The van der Waals surface area contributed by atoms with Gasteiger partial charge in [-0.05, 0) is 30.2 Å². The molecule has 0 saturated carbocycles. The topological polar surface area (TPSA) is 71.1 Å². The van der Waals surface area contributed by atoms with Gasteiger partial charge in [-0.2, -0.15) is 8.78 Å². The first-order valence-electron chi connectivity index (χ1n) is 10.3. The molecule has 1 heterocycles. The number of nitrogens with one attached hydrogen (secondary N) is 1. The Balaban J connectivity index is 1.46. The zero-order valence-electron chi connectivity index (χ0n) is 18.1. The molecule has 0 atom stereocenters. The number of ether oxygens (including phenoxy) is 2. The minimum absolute atomic E-state index is 0.0483. The van der Waals surface area contributed by atoms with E-state index in [-0.39, 0.29) is 30.0 Å². The quantitative estimate of drug-likeness (QED) is 0.708. The van der Waals surface area contributed by atoms with Crippen molar-refractivity contribution >= 4 is 11.9 Å². The van der Waals surface area contributed by atoms with Crippen LogP contribution in [0.2, 0.25) is 0 Å². The third-order valence-corrected chi connectivity index (χ3v) is 5.28. The van der Waals surface area contributed by atoms with Gasteiger partial charge in [-0.25, -0.2) is 4.79 Å². The second-order valence-electron chi connectivity index (χ2n) is 7.55. The minimum Gasteiger partial charge on any atom is -0.493 e. The summed E-state index contributed by atoms with van der Waals surface area (Å²) in [4.78, 5) is 28.5. The van der Waals surface area contributed by atoms with Crippen molar-refractivity contribution < 1.29 is 27.8 Å². The first kappa shape index (κ1) is 23.3. The Hall–Kier alpha value is -3.36. The number of hydrogen-bond acceptors (Lipinski definition) is 4. The molecule has 1 aliphatic rings. The summed E-state index contributed by atoms with van der Waals surface area (Å²) >= 11 is 0. The lowest BCUT2D eigenvalue weighted by molar-refractivity contribution is -0.131. The summed E-state index contributed by atoms with van der Waals surface area (Å²) < 4.78 is 34.3. The molecule has 2 aromatic rings. The second-order valence-corrected chi connectivity index (χ2v) is 7.55. The van der Waals surface area contributed by atoms with Crippen molar-refractivity contribution in [3.8, 4) is 11.5 Å². The van der Waals surface area contributed by atoms with E-state index in [0.717, 1.165) is 11.1 Å². The van der Waals surface area contributed by atoms with E-state index in [1.54, 1.807) is 21.9 Å². The largest absolute Gasteiger partial charge is 0.493 e. The summed E-state index contributed by atoms with van der Waals surface area (Å²) in [6, 6.07) is 12.1. The number of halogens is 2. The highest BCUT2D eigenvalue weighted by molar-refractivity contribution is 5.79. The van der Waals surface area contributed by atoms with Crippen LogP contribution in [0.5, 0.6) is 11.5 Å². The summed E-state index contributed by atoms with van der Waals surface area (Å²) in [5.41, 5.74) is 2.81. The van der Waals surface area contributed by atoms with Crippen LogP contribution in [0, 0.1) is 6.92 Å². The summed E-state index contributed by atoms with van der Waals surface area (Å²) in [6.07, 6.45) is 0.347. The lowest BCUT2D eigenvalue weighted by Crippen LogP contribution is -2.53. The van der Waals surface area contributed by atoms with E-state index in [2.05, 4.69) is 10.1 Å². The van der Waals surface area contributed by atoms with Crippen molar-refractivity contribution in [2.75, 3.05) is 33.3 Å². The van der Waals surface area contributed by atoms with Gasteiger partial charge in [0.05, 0.1) is 13.5 Å². The number of piperazine rings is 1. The fraction of sp³-hybridized carbons (Fsp3) is 0.391. The van der Waals surface area contributed by atoms with Crippen LogP contribution >= 0.6 is 0 Å². The Kier molecular flexibility index (Phi) is 7.86. The Morgan fingerprint density at radius 1 is 0.969 bits per heavy atom. The Morgan fingerprint density at radius 2 is 1.59 bits per heavy atom. The van der Waals surface area contributed by atoms with Crippen molar-refractivity contribution in [3.63, 3.8) is 0 Å². The Bertz CT molecular complexity index is 929. The molecule has 172 valence electrons. The molecule has 2 aromatic carbocycles. The van der Waals surface area contributed by atoms with Crippen LogP contribution in [0.4, 0.5) is 13.6 Å². The summed E-state index contributed by atoms with van der Waals surface area (Å²) in [7, 11) is 1.36. The number of nitrogens with zero attached hydrogens (tertiary/aromatic N) is 2. The average Bonchev–Trinajstić information content (AvgIpc) is 2.79. The van der Waals surface area contributed by atoms with E-state index in [1.165, 1.54) is 13.2 Å². The summed E-state index contributed by atoms with van der Waals surface area (Å²) in [5, 5.41) is 2.81. The Morgan fingerprint density at radius 3 is 2.22 bits per heavy atom. The van der Waals surface area contributed by atoms with Crippen molar-refractivity contribution in [3.05, 3.63) is 59.2 Å². The van der Waals surface area contributed by atoms with E-state index in [0.29, 0.717) is 38.2 Å². The monoisotopic (exact) mass is 447 g/mol. The predicted molar refractivity (Wildman–Crippen MR) is 115 cm³/mol. The number of methoxy groups -OCH3 is 1. The van der Waals surface area contributed by atoms with Crippen LogP contribution in [-0.2, 0) is 17.8 Å². The molecule has 0 spiro atoms. The normalized spacial score (nSPS) is 13.8. The number of hydrogen-bond donors (Lipinski definition) is 1. The fourth-order valence-electron chi connectivity index (χ4n) is 3.46. The van der Waals surface area contributed by atoms with Gasteiger partial charge in [0.25, 0.3) is 0 Å². The summed E-state index contributed by atoms with van der Waals surface area (Å²) in [5.74, 6) is 0.147. The van der Waals surface area contributed by atoms with Gasteiger partial charge in [0.2, 0.25) is 5.91 Å². The average molecular weight is 447 g/mol. The van der Waals surface area contributed by atoms with Gasteiger partial charge < -0.3 is 24.6 Å². The highest BCUT2D eigenvalue weighted by atomic mass is 19.3. The first-order chi connectivity index (χ1) is 15.4. The van der Waals surface area contributed by atoms with Gasteiger partial charge in [-0.1, -0.05) is 35.9 Å². The molecule has 0 aromatic heterocycles. The van der Waals surface area contributed by atoms with Crippen molar-refractivity contribution in [2.24, 2.45) is 0 Å². The third kappa shape index (κ3) is 6.32. The van der Waals surface area contributed by atoms with E-state index >= 15 is 0 Å². The number of carbonyl (C=O) groups is 2. The molecule has 0 bridgehead atoms. The standard InChI is InChI=1S/C23H27F2N3O4/c1-16-3-5-17(6-4-16)14-21(29)27-9-11-28(12-10-27)23(30)26-15-18-7-8-19(32-22(24)25)20(13-18)31-2/h3-8,13,22H,9-12,14-15H2,1-2H3,(H,26,30). The zero-order chi connectivity index (χ0) is 23.1. The lowest BCUT2D eigenvalue weighted by atomic mass is 10.1. The van der Waals surface area contributed by atoms with Gasteiger partial charge in [0.15, 0.2) is 11.5 Å². The van der Waals surface area contributed by atoms with Gasteiger partial charge in [-0.15, -0.1) is 0 Å². The van der Waals surface area contributed by atoms with Crippen molar-refractivity contribution in [2.45, 2.75) is 26.5 Å². The van der Waals surface area contributed by atoms with Crippen LogP contribution in [0.15, 0.2) is 42.5 Å². The van der Waals surface area contributed by atoms with E-state index in [1.807, 2.05) is 31.2 Å². The van der Waals surface area contributed by atoms with E-state index in [9.17, 15) is 18.4 Å². The smallest absolute Gasteiger partial charge is 0.387 e. The molecule has 0 unspecified atom stereocenters. The number of amides is 3. The molecule has 32 heavy (non-hydrogen) atoms. The van der Waals surface area contributed by atoms with Gasteiger partial charge >= 0.3 is 12.6 Å². The molecule has 0 radical (unpaired) electrons. The molecular formula is C23H27F2N3O4. The highest BCUT2D eigenvalue weighted by Gasteiger charge is 2.24. The number of urea groups is 1. The maximum Gasteiger partial charge on any atom is 0.387 e. The Labute approximate surface area is 185 Å². The molecule has 0 aliphatic carbocycles. The second kappa shape index (κ2) is 10.8. The molecule has 1 N–H and O–H groups in total. The van der Waals surface area contributed by atoms with Gasteiger partial charge in [-0.3, -0.25) is 4.79 Å². The predicted octanol–water partition coefficient (Wildman–Crippen LogP) is 3.20. The maximum absolute atomic E-state index is 12.5. The molecule has 7 nitrogen and oxygen atoms in total. The summed E-state index contributed by atoms with van der Waals surface area (Å²) in [6.45, 7) is 1.10. The van der Waals surface area contributed by atoms with Crippen LogP contribution in [0.1, 0.15) is 16.7 Å². The molecule has 1 aliphatic heterocycles. The van der Waals surface area contributed by atoms with E-state index in [4.69, 9.17) is 4.74 Å². The highest BCUT2D eigenvalue weighted by Crippen LogP contribution is 2.29. The number of rotatable bonds is 7. The number of carbonyl (C=O) groups excluding carboxylic acids is 2. The molecule has 3 amide bonds. The first-order valence-corrected chi connectivity index (χ1v) is 10.3. The molecule has 9 heteroatoms. The van der Waals surface area contributed by atoms with Crippen LogP contribution in [0.25, 0.3) is 0 Å². The fourth-order valence-corrected chi connectivity index (χ4v) is 3.46. The van der Waals surface area contributed by atoms with E-state index < -0.39 is 6.61 Å². The number of alkyl halides is 2. The third-order valence-electron chi connectivity index (χ3n) is 5.28. The maximum atomic E-state index is 12.5. The molecule has 1 fully saturated rings.